The Hall–Kier alpha value is -1.16. The van der Waals surface area contributed by atoms with E-state index < -0.39 is 198 Å². The fraction of sp³-hybridized carbons (Fsp3) is 1.00. The third-order valence-electron chi connectivity index (χ3n) is 22.1. The van der Waals surface area contributed by atoms with Crippen LogP contribution in [0.25, 0.3) is 0 Å². The second-order valence-corrected chi connectivity index (χ2v) is 26.9. The molecule has 0 bridgehead atoms. The summed E-state index contributed by atoms with van der Waals surface area (Å²) >= 11 is 0. The van der Waals surface area contributed by atoms with E-state index >= 15 is 0 Å². The van der Waals surface area contributed by atoms with Gasteiger partial charge in [-0.05, 0) is 97.7 Å². The van der Waals surface area contributed by atoms with Gasteiger partial charge in [0.15, 0.2) is 37.2 Å². The minimum Gasteiger partial charge on any atom is -0.394 e. The van der Waals surface area contributed by atoms with Crippen molar-refractivity contribution in [3.05, 3.63) is 0 Å². The Bertz CT molecular complexity index is 2190. The van der Waals surface area contributed by atoms with Crippen molar-refractivity contribution in [3.63, 3.8) is 0 Å². The normalized spacial score (nSPS) is 55.3. The number of rotatable bonds is 19. The lowest BCUT2D eigenvalue weighted by Crippen LogP contribution is -2.68. The van der Waals surface area contributed by atoms with Crippen LogP contribution in [0.15, 0.2) is 0 Å². The molecule has 4 aliphatic carbocycles. The van der Waals surface area contributed by atoms with Crippen LogP contribution >= 0.6 is 0 Å². The lowest BCUT2D eigenvalue weighted by Gasteiger charge is -2.62. The standard InChI is InChI=1S/C57H96O29/c1-21(19-76-50-44(72)40(68)37(65)31(15-58)79-50)6-11-57(75-5)22(2)35-30(86-57)14-26-24-13-28(62)27-12-23(7-9-55(27,3)25(24)8-10-56(26,35)4)78-52-46(74)42(70)47(34(18-61)82-52)83-54-49(85-53-45(73)41(69)38(66)32(16-59)80-53)48(39(67)33(17-60)81-54)84-51-43(71)36(64)29(63)20-77-51/h21-54,58-74H,6-20H2,1-5H3/t21-,22+,23+,24-,25+,26+,27-,28-,29-,30+,31-,32-,33-,34-,35+,36+,37-,38-,39-,40+,41+,42-,43-,44-,45-,46-,47+,48+,49-,50-,51+,52-,53+,54+,55-,56+,57-/m1/s1. The monoisotopic (exact) mass is 1240 g/mol. The maximum Gasteiger partial charge on any atom is 0.187 e. The molecule has 0 spiro atoms. The molecule has 0 unspecified atom stereocenters. The van der Waals surface area contributed by atoms with Gasteiger partial charge in [0.1, 0.15) is 116 Å². The maximum absolute atomic E-state index is 12.3. The molecule has 10 aliphatic rings. The summed E-state index contributed by atoms with van der Waals surface area (Å²) < 4.78 is 72.5. The summed E-state index contributed by atoms with van der Waals surface area (Å²) in [4.78, 5) is 0. The van der Waals surface area contributed by atoms with E-state index in [1.54, 1.807) is 7.11 Å². The molecule has 0 radical (unpaired) electrons. The quantitative estimate of drug-likeness (QED) is 0.0536. The van der Waals surface area contributed by atoms with Crippen LogP contribution in [0.5, 0.6) is 0 Å². The lowest BCUT2D eigenvalue weighted by atomic mass is 9.43. The third kappa shape index (κ3) is 12.2. The molecule has 29 nitrogen and oxygen atoms in total. The van der Waals surface area contributed by atoms with Gasteiger partial charge in [0.05, 0.1) is 58.0 Å². The van der Waals surface area contributed by atoms with Crippen LogP contribution in [0.2, 0.25) is 0 Å². The van der Waals surface area contributed by atoms with E-state index in [1.807, 2.05) is 6.92 Å². The molecule has 0 aromatic carbocycles. The zero-order chi connectivity index (χ0) is 62.2. The van der Waals surface area contributed by atoms with E-state index in [2.05, 4.69) is 20.8 Å². The van der Waals surface area contributed by atoms with Crippen molar-refractivity contribution in [1.29, 1.82) is 0 Å². The number of fused-ring (bicyclic) bond motifs is 7. The van der Waals surface area contributed by atoms with Crippen LogP contribution in [0, 0.1) is 52.3 Å². The predicted molar refractivity (Wildman–Crippen MR) is 284 cm³/mol. The topological polar surface area (TPSA) is 455 Å². The Morgan fingerprint density at radius 2 is 1.05 bits per heavy atom. The van der Waals surface area contributed by atoms with E-state index in [9.17, 15) is 86.8 Å². The van der Waals surface area contributed by atoms with Gasteiger partial charge in [-0.3, -0.25) is 0 Å². The molecule has 37 atom stereocenters. The minimum atomic E-state index is -2.04. The highest BCUT2D eigenvalue weighted by Crippen LogP contribution is 2.71. The van der Waals surface area contributed by atoms with Crippen molar-refractivity contribution in [2.45, 2.75) is 257 Å². The smallest absolute Gasteiger partial charge is 0.187 e. The van der Waals surface area contributed by atoms with Crippen molar-refractivity contribution in [1.82, 2.24) is 0 Å². The summed E-state index contributed by atoms with van der Waals surface area (Å²) in [5.74, 6) is -0.124. The van der Waals surface area contributed by atoms with E-state index in [4.69, 9.17) is 56.8 Å². The summed E-state index contributed by atoms with van der Waals surface area (Å²) in [6.45, 7) is 5.30. The summed E-state index contributed by atoms with van der Waals surface area (Å²) in [6.07, 6.45) is -36.1. The molecule has 0 aromatic rings. The number of aliphatic hydroxyl groups is 17. The Balaban J connectivity index is 0.775. The van der Waals surface area contributed by atoms with Gasteiger partial charge in [0.2, 0.25) is 0 Å². The van der Waals surface area contributed by atoms with Crippen LogP contribution in [0.4, 0.5) is 0 Å². The summed E-state index contributed by atoms with van der Waals surface area (Å²) in [5, 5.41) is 183. The molecule has 498 valence electrons. The molecule has 4 saturated carbocycles. The van der Waals surface area contributed by atoms with Gasteiger partial charge in [-0.1, -0.05) is 27.7 Å². The minimum absolute atomic E-state index is 0.0255. The summed E-state index contributed by atoms with van der Waals surface area (Å²) in [7, 11) is 1.68. The molecule has 10 fully saturated rings. The average molecular weight is 1250 g/mol. The third-order valence-corrected chi connectivity index (χ3v) is 22.1. The Morgan fingerprint density at radius 1 is 0.500 bits per heavy atom. The fourth-order valence-corrected chi connectivity index (χ4v) is 17.2. The molecule has 6 aliphatic heterocycles. The van der Waals surface area contributed by atoms with Crippen molar-refractivity contribution in [2.75, 3.05) is 46.8 Å². The Kier molecular flexibility index (Phi) is 21.3. The van der Waals surface area contributed by atoms with Gasteiger partial charge in [-0.25, -0.2) is 0 Å². The first-order valence-electron chi connectivity index (χ1n) is 30.8. The number of methoxy groups -OCH3 is 1. The van der Waals surface area contributed by atoms with E-state index in [0.717, 1.165) is 19.3 Å². The van der Waals surface area contributed by atoms with E-state index in [-0.39, 0.29) is 65.0 Å². The van der Waals surface area contributed by atoms with Crippen molar-refractivity contribution in [2.24, 2.45) is 52.3 Å². The first-order valence-corrected chi connectivity index (χ1v) is 30.8. The highest BCUT2D eigenvalue weighted by molar-refractivity contribution is 5.16. The molecule has 0 amide bonds. The van der Waals surface area contributed by atoms with Gasteiger partial charge in [-0.15, -0.1) is 0 Å². The molecular weight excluding hydrogens is 1150 g/mol. The lowest BCUT2D eigenvalue weighted by molar-refractivity contribution is -0.404. The van der Waals surface area contributed by atoms with Gasteiger partial charge < -0.3 is 144 Å². The summed E-state index contributed by atoms with van der Waals surface area (Å²) in [5.41, 5.74) is -0.386. The molecule has 29 heteroatoms. The SMILES string of the molecule is CO[C@]1(CC[C@@H](C)CO[C@@H]2O[C@H](CO)[C@@H](O)[C@H](O)[C@H]2O)O[C@H]2C[C@H]3[C@@H]4C[C@@H](O)[C@H]5C[C@@H](O[C@@H]6O[C@H](CO)[C@H](O[C@@H]7O[C@H](CO)[C@@H](O)[C@H](O[C@@H]8OC[C@@H](O)[C@H](O)[C@H]8O)[C@H]7O[C@@H]7O[C@H](CO)[C@@H](O)[C@H](O)[C@H]7O)[C@H](O)[C@H]6O)CC[C@]5(C)[C@H]4CC[C@]3(C)[C@H]2[C@@H]1C. The first kappa shape index (κ1) is 67.7. The molecule has 6 heterocycles. The number of hydrogen-bond donors (Lipinski definition) is 17. The predicted octanol–water partition coefficient (Wildman–Crippen LogP) is -5.87. The van der Waals surface area contributed by atoms with Crippen LogP contribution in [0.3, 0.4) is 0 Å². The maximum atomic E-state index is 12.3. The Labute approximate surface area is 498 Å². The van der Waals surface area contributed by atoms with Gasteiger partial charge >= 0.3 is 0 Å². The number of aliphatic hydroxyl groups excluding tert-OH is 17. The van der Waals surface area contributed by atoms with Crippen molar-refractivity contribution in [3.8, 4) is 0 Å². The van der Waals surface area contributed by atoms with E-state index in [0.29, 0.717) is 38.5 Å². The molecule has 86 heavy (non-hydrogen) atoms. The number of hydrogen-bond acceptors (Lipinski definition) is 29. The first-order chi connectivity index (χ1) is 40.8. The van der Waals surface area contributed by atoms with E-state index in [1.165, 1.54) is 0 Å². The molecule has 0 aromatic heterocycles. The Morgan fingerprint density at radius 3 is 1.70 bits per heavy atom. The second kappa shape index (κ2) is 27.1. The van der Waals surface area contributed by atoms with Crippen molar-refractivity contribution >= 4 is 0 Å². The van der Waals surface area contributed by atoms with Crippen molar-refractivity contribution < 1.29 is 144 Å². The summed E-state index contributed by atoms with van der Waals surface area (Å²) in [6, 6.07) is 0. The van der Waals surface area contributed by atoms with Crippen LogP contribution in [-0.4, -0.2) is 305 Å². The average Bonchev–Trinajstić information content (AvgIpc) is 1.50. The fourth-order valence-electron chi connectivity index (χ4n) is 17.2. The largest absolute Gasteiger partial charge is 0.394 e. The molecular formula is C57H96O29. The molecule has 6 saturated heterocycles. The van der Waals surface area contributed by atoms with Crippen LogP contribution in [0.1, 0.15) is 85.5 Å². The number of ether oxygens (including phenoxy) is 12. The second-order valence-electron chi connectivity index (χ2n) is 26.9. The van der Waals surface area contributed by atoms with Crippen LogP contribution < -0.4 is 0 Å². The molecule has 17 N–H and O–H groups in total. The zero-order valence-corrected chi connectivity index (χ0v) is 49.2. The highest BCUT2D eigenvalue weighted by atomic mass is 16.8. The molecule has 10 rings (SSSR count). The van der Waals surface area contributed by atoms with Gasteiger partial charge in [0.25, 0.3) is 0 Å². The van der Waals surface area contributed by atoms with Gasteiger partial charge in [0, 0.05) is 19.4 Å². The zero-order valence-electron chi connectivity index (χ0n) is 49.2. The van der Waals surface area contributed by atoms with Gasteiger partial charge in [-0.2, -0.15) is 0 Å². The van der Waals surface area contributed by atoms with Crippen LogP contribution in [-0.2, 0) is 56.8 Å². The highest BCUT2D eigenvalue weighted by Gasteiger charge is 2.70.